The summed E-state index contributed by atoms with van der Waals surface area (Å²) in [6.45, 7) is 4.08. The average Bonchev–Trinajstić information content (AvgIpc) is 2.70. The second-order valence-electron chi connectivity index (χ2n) is 5.07. The fourth-order valence-electron chi connectivity index (χ4n) is 2.48. The smallest absolute Gasteiger partial charge is 0.244 e. The van der Waals surface area contributed by atoms with Gasteiger partial charge in [-0.2, -0.15) is 4.31 Å². The molecule has 19 heavy (non-hydrogen) atoms. The van der Waals surface area contributed by atoms with Crippen molar-refractivity contribution in [2.24, 2.45) is 5.92 Å². The number of hydrogen-bond donors (Lipinski definition) is 1. The molecule has 1 aliphatic heterocycles. The van der Waals surface area contributed by atoms with Crippen LogP contribution in [0.4, 0.5) is 0 Å². The average molecular weight is 304 g/mol. The molecule has 2 rings (SSSR count). The molecule has 6 heteroatoms. The first kappa shape index (κ1) is 14.8. The van der Waals surface area contributed by atoms with Gasteiger partial charge in [-0.15, -0.1) is 0 Å². The Morgan fingerprint density at radius 2 is 2.16 bits per heavy atom. The van der Waals surface area contributed by atoms with Gasteiger partial charge in [0.2, 0.25) is 10.0 Å². The van der Waals surface area contributed by atoms with Gasteiger partial charge < -0.3 is 5.11 Å². The molecule has 1 aromatic carbocycles. The second-order valence-corrected chi connectivity index (χ2v) is 7.33. The van der Waals surface area contributed by atoms with E-state index in [1.807, 2.05) is 13.8 Å². The third-order valence-electron chi connectivity index (χ3n) is 3.69. The monoisotopic (exact) mass is 303 g/mol. The van der Waals surface area contributed by atoms with Crippen LogP contribution in [0.5, 0.6) is 0 Å². The van der Waals surface area contributed by atoms with Crippen molar-refractivity contribution in [2.75, 3.05) is 13.2 Å². The van der Waals surface area contributed by atoms with Gasteiger partial charge in [0.15, 0.2) is 0 Å². The molecule has 0 radical (unpaired) electrons. The Bertz CT molecular complexity index is 573. The predicted octanol–water partition coefficient (Wildman–Crippen LogP) is 2.04. The highest BCUT2D eigenvalue weighted by Gasteiger charge is 2.39. The first-order valence-corrected chi connectivity index (χ1v) is 8.08. The number of aliphatic hydroxyl groups is 1. The largest absolute Gasteiger partial charge is 0.395 e. The van der Waals surface area contributed by atoms with Gasteiger partial charge in [0, 0.05) is 6.54 Å². The van der Waals surface area contributed by atoms with Crippen LogP contribution in [0.2, 0.25) is 5.02 Å². The molecule has 1 aliphatic rings. The fraction of sp³-hybridized carbons (Fsp3) is 0.538. The maximum atomic E-state index is 12.6. The molecule has 0 aromatic heterocycles. The lowest BCUT2D eigenvalue weighted by molar-refractivity contribution is 0.191. The Labute approximate surface area is 119 Å². The molecule has 0 saturated carbocycles. The van der Waals surface area contributed by atoms with Gasteiger partial charge in [0.25, 0.3) is 0 Å². The Kier molecular flexibility index (Phi) is 4.20. The maximum Gasteiger partial charge on any atom is 0.244 e. The number of rotatable bonds is 3. The van der Waals surface area contributed by atoms with Gasteiger partial charge >= 0.3 is 0 Å². The van der Waals surface area contributed by atoms with E-state index in [1.54, 1.807) is 12.1 Å². The molecular formula is C13H18ClNO3S. The number of benzene rings is 1. The summed E-state index contributed by atoms with van der Waals surface area (Å²) in [6, 6.07) is 4.54. The molecule has 1 N–H and O–H groups in total. The van der Waals surface area contributed by atoms with Crippen molar-refractivity contribution in [3.63, 3.8) is 0 Å². The SMILES string of the molecule is Cc1ccc(S(=O)(=O)N2CCC(C)C2CO)c(Cl)c1. The second kappa shape index (κ2) is 5.40. The van der Waals surface area contributed by atoms with Crippen molar-refractivity contribution in [1.82, 2.24) is 4.31 Å². The lowest BCUT2D eigenvalue weighted by Gasteiger charge is -2.25. The van der Waals surface area contributed by atoms with Gasteiger partial charge in [0.05, 0.1) is 17.7 Å². The maximum absolute atomic E-state index is 12.6. The Morgan fingerprint density at radius 3 is 2.74 bits per heavy atom. The number of sulfonamides is 1. The molecule has 1 saturated heterocycles. The minimum atomic E-state index is -3.64. The number of aliphatic hydroxyl groups excluding tert-OH is 1. The summed E-state index contributed by atoms with van der Waals surface area (Å²) in [5, 5.41) is 9.62. The van der Waals surface area contributed by atoms with Crippen LogP contribution in [-0.2, 0) is 10.0 Å². The zero-order valence-corrected chi connectivity index (χ0v) is 12.6. The number of halogens is 1. The molecule has 0 amide bonds. The highest BCUT2D eigenvalue weighted by molar-refractivity contribution is 7.89. The topological polar surface area (TPSA) is 57.6 Å². The lowest BCUT2D eigenvalue weighted by Crippen LogP contribution is -2.39. The Balaban J connectivity index is 2.42. The van der Waals surface area contributed by atoms with Crippen molar-refractivity contribution in [2.45, 2.75) is 31.2 Å². The zero-order chi connectivity index (χ0) is 14.2. The summed E-state index contributed by atoms with van der Waals surface area (Å²) in [5.74, 6) is 0.156. The van der Waals surface area contributed by atoms with E-state index in [9.17, 15) is 13.5 Å². The van der Waals surface area contributed by atoms with Crippen LogP contribution in [0.25, 0.3) is 0 Å². The molecule has 4 nitrogen and oxygen atoms in total. The number of aryl methyl sites for hydroxylation is 1. The normalized spacial score (nSPS) is 24.8. The molecule has 2 atom stereocenters. The lowest BCUT2D eigenvalue weighted by atomic mass is 10.0. The van der Waals surface area contributed by atoms with Crippen LogP contribution in [0.15, 0.2) is 23.1 Å². The molecule has 1 heterocycles. The van der Waals surface area contributed by atoms with Crippen LogP contribution >= 0.6 is 11.6 Å². The first-order valence-electron chi connectivity index (χ1n) is 6.26. The summed E-state index contributed by atoms with van der Waals surface area (Å²) < 4.78 is 26.6. The minimum Gasteiger partial charge on any atom is -0.395 e. The van der Waals surface area contributed by atoms with E-state index in [0.717, 1.165) is 12.0 Å². The van der Waals surface area contributed by atoms with E-state index in [0.29, 0.717) is 6.54 Å². The third kappa shape index (κ3) is 2.65. The van der Waals surface area contributed by atoms with E-state index >= 15 is 0 Å². The highest BCUT2D eigenvalue weighted by Crippen LogP contribution is 2.32. The molecule has 0 aliphatic carbocycles. The van der Waals surface area contributed by atoms with E-state index in [1.165, 1.54) is 10.4 Å². The van der Waals surface area contributed by atoms with Gasteiger partial charge in [0.1, 0.15) is 4.90 Å². The minimum absolute atomic E-state index is 0.118. The van der Waals surface area contributed by atoms with Crippen molar-refractivity contribution < 1.29 is 13.5 Å². The van der Waals surface area contributed by atoms with E-state index < -0.39 is 10.0 Å². The van der Waals surface area contributed by atoms with Gasteiger partial charge in [-0.25, -0.2) is 8.42 Å². The Hall–Kier alpha value is -0.620. The van der Waals surface area contributed by atoms with Crippen molar-refractivity contribution in [3.8, 4) is 0 Å². The van der Waals surface area contributed by atoms with E-state index in [2.05, 4.69) is 0 Å². The first-order chi connectivity index (χ1) is 8.87. The molecule has 2 unspecified atom stereocenters. The zero-order valence-electron chi connectivity index (χ0n) is 11.0. The van der Waals surface area contributed by atoms with Gasteiger partial charge in [-0.3, -0.25) is 0 Å². The molecule has 106 valence electrons. The third-order valence-corrected chi connectivity index (χ3v) is 6.10. The highest BCUT2D eigenvalue weighted by atomic mass is 35.5. The molecule has 0 bridgehead atoms. The predicted molar refractivity (Wildman–Crippen MR) is 74.7 cm³/mol. The summed E-state index contributed by atoms with van der Waals surface area (Å²) in [4.78, 5) is 0.118. The van der Waals surface area contributed by atoms with Crippen LogP contribution in [0.3, 0.4) is 0 Å². The van der Waals surface area contributed by atoms with Crippen molar-refractivity contribution in [1.29, 1.82) is 0 Å². The van der Waals surface area contributed by atoms with Gasteiger partial charge in [-0.05, 0) is 37.0 Å². The van der Waals surface area contributed by atoms with Gasteiger partial charge in [-0.1, -0.05) is 24.6 Å². The fourth-order valence-corrected chi connectivity index (χ4v) is 4.79. The van der Waals surface area contributed by atoms with E-state index in [4.69, 9.17) is 11.6 Å². The number of nitrogens with zero attached hydrogens (tertiary/aromatic N) is 1. The van der Waals surface area contributed by atoms with Crippen LogP contribution in [0.1, 0.15) is 18.9 Å². The van der Waals surface area contributed by atoms with Crippen molar-refractivity contribution in [3.05, 3.63) is 28.8 Å². The van der Waals surface area contributed by atoms with Crippen LogP contribution < -0.4 is 0 Å². The standard InChI is InChI=1S/C13H18ClNO3S/c1-9-3-4-13(11(14)7-9)19(17,18)15-6-5-10(2)12(15)8-16/h3-4,7,10,12,16H,5-6,8H2,1-2H3. The summed E-state index contributed by atoms with van der Waals surface area (Å²) in [6.07, 6.45) is 0.758. The Morgan fingerprint density at radius 1 is 1.47 bits per heavy atom. The number of hydrogen-bond acceptors (Lipinski definition) is 3. The quantitative estimate of drug-likeness (QED) is 0.929. The molecule has 1 fully saturated rings. The summed E-state index contributed by atoms with van der Waals surface area (Å²) >= 11 is 6.05. The van der Waals surface area contributed by atoms with Crippen LogP contribution in [0, 0.1) is 12.8 Å². The summed E-state index contributed by atoms with van der Waals surface area (Å²) in [5.41, 5.74) is 0.914. The summed E-state index contributed by atoms with van der Waals surface area (Å²) in [7, 11) is -3.64. The molecule has 0 spiro atoms. The van der Waals surface area contributed by atoms with Crippen LogP contribution in [-0.4, -0.2) is 37.0 Å². The molecule has 1 aromatic rings. The van der Waals surface area contributed by atoms with E-state index in [-0.39, 0.29) is 28.5 Å². The molecular weight excluding hydrogens is 286 g/mol. The van der Waals surface area contributed by atoms with Crippen molar-refractivity contribution >= 4 is 21.6 Å².